The van der Waals surface area contributed by atoms with E-state index >= 15 is 0 Å². The molecule has 0 spiro atoms. The normalized spacial score (nSPS) is 18.5. The van der Waals surface area contributed by atoms with E-state index in [0.29, 0.717) is 31.6 Å². The van der Waals surface area contributed by atoms with Crippen LogP contribution >= 0.6 is 0 Å². The van der Waals surface area contributed by atoms with Gasteiger partial charge in [0.15, 0.2) is 0 Å². The van der Waals surface area contributed by atoms with E-state index in [-0.39, 0.29) is 5.78 Å². The van der Waals surface area contributed by atoms with Crippen LogP contribution in [0.4, 0.5) is 0 Å². The number of hydrogen-bond acceptors (Lipinski definition) is 4. The second-order valence-corrected chi connectivity index (χ2v) is 4.98. The molecular formula is C15H15NO3. The number of Topliss-reactive ketones (excluding diaryl/α,β-unsaturated/α-hetero) is 1. The molecule has 0 aliphatic heterocycles. The van der Waals surface area contributed by atoms with Crippen molar-refractivity contribution in [2.75, 3.05) is 0 Å². The lowest BCUT2D eigenvalue weighted by atomic mass is 9.79. The van der Waals surface area contributed by atoms with E-state index in [0.717, 1.165) is 11.1 Å². The van der Waals surface area contributed by atoms with Gasteiger partial charge in [-0.3, -0.25) is 4.79 Å². The Morgan fingerprint density at radius 2 is 1.84 bits per heavy atom. The number of hydrogen-bond donors (Lipinski definition) is 1. The number of benzene rings is 1. The molecule has 4 nitrogen and oxygen atoms in total. The second kappa shape index (κ2) is 4.63. The topological polar surface area (TPSA) is 63.3 Å². The SMILES string of the molecule is O=C1CCC(O)(c2ccc(-c3ncco3)cc2)CC1. The highest BCUT2D eigenvalue weighted by Gasteiger charge is 2.33. The van der Waals surface area contributed by atoms with Crippen LogP contribution in [0.2, 0.25) is 0 Å². The molecule has 0 amide bonds. The summed E-state index contributed by atoms with van der Waals surface area (Å²) in [4.78, 5) is 15.3. The fraction of sp³-hybridized carbons (Fsp3) is 0.333. The van der Waals surface area contributed by atoms with Crippen LogP contribution < -0.4 is 0 Å². The van der Waals surface area contributed by atoms with E-state index in [1.54, 1.807) is 6.20 Å². The van der Waals surface area contributed by atoms with Gasteiger partial charge in [0.05, 0.1) is 11.8 Å². The number of carbonyl (C=O) groups is 1. The van der Waals surface area contributed by atoms with Crippen LogP contribution in [0.1, 0.15) is 31.2 Å². The predicted molar refractivity (Wildman–Crippen MR) is 69.3 cm³/mol. The van der Waals surface area contributed by atoms with Crippen LogP contribution in [0.25, 0.3) is 11.5 Å². The fourth-order valence-corrected chi connectivity index (χ4v) is 2.52. The van der Waals surface area contributed by atoms with Gasteiger partial charge in [-0.2, -0.15) is 0 Å². The number of oxazole rings is 1. The van der Waals surface area contributed by atoms with E-state index in [1.165, 1.54) is 6.26 Å². The largest absolute Gasteiger partial charge is 0.445 e. The van der Waals surface area contributed by atoms with Gasteiger partial charge in [-0.1, -0.05) is 12.1 Å². The second-order valence-electron chi connectivity index (χ2n) is 4.98. The van der Waals surface area contributed by atoms with Gasteiger partial charge in [-0.25, -0.2) is 4.98 Å². The Kier molecular flexibility index (Phi) is 2.95. The lowest BCUT2D eigenvalue weighted by Gasteiger charge is -2.32. The third-order valence-corrected chi connectivity index (χ3v) is 3.74. The number of aromatic nitrogens is 1. The van der Waals surface area contributed by atoms with Gasteiger partial charge in [0.1, 0.15) is 12.0 Å². The molecule has 3 rings (SSSR count). The van der Waals surface area contributed by atoms with Crippen molar-refractivity contribution in [2.24, 2.45) is 0 Å². The van der Waals surface area contributed by atoms with Gasteiger partial charge in [0.25, 0.3) is 0 Å². The summed E-state index contributed by atoms with van der Waals surface area (Å²) in [7, 11) is 0. The summed E-state index contributed by atoms with van der Waals surface area (Å²) in [6.07, 6.45) is 5.05. The smallest absolute Gasteiger partial charge is 0.225 e. The van der Waals surface area contributed by atoms with Crippen molar-refractivity contribution in [3.63, 3.8) is 0 Å². The summed E-state index contributed by atoms with van der Waals surface area (Å²) in [5.41, 5.74) is 0.864. The molecule has 1 N–H and O–H groups in total. The third-order valence-electron chi connectivity index (χ3n) is 3.74. The minimum atomic E-state index is -0.872. The third kappa shape index (κ3) is 2.31. The average Bonchev–Trinajstić information content (AvgIpc) is 2.97. The first kappa shape index (κ1) is 12.1. The van der Waals surface area contributed by atoms with Crippen molar-refractivity contribution in [3.05, 3.63) is 42.3 Å². The highest BCUT2D eigenvalue weighted by molar-refractivity contribution is 5.79. The molecule has 0 radical (unpaired) electrons. The number of rotatable bonds is 2. The monoisotopic (exact) mass is 257 g/mol. The molecule has 1 heterocycles. The number of ketones is 1. The molecule has 1 aromatic carbocycles. The summed E-state index contributed by atoms with van der Waals surface area (Å²) in [6, 6.07) is 7.54. The molecule has 19 heavy (non-hydrogen) atoms. The summed E-state index contributed by atoms with van der Waals surface area (Å²) >= 11 is 0. The maximum Gasteiger partial charge on any atom is 0.225 e. The highest BCUT2D eigenvalue weighted by Crippen LogP contribution is 2.36. The Morgan fingerprint density at radius 3 is 2.42 bits per heavy atom. The molecule has 0 saturated heterocycles. The van der Waals surface area contributed by atoms with Crippen LogP contribution in [0.3, 0.4) is 0 Å². The molecule has 2 aromatic rings. The van der Waals surface area contributed by atoms with Crippen molar-refractivity contribution < 1.29 is 14.3 Å². The standard InChI is InChI=1S/C15H15NO3/c17-13-5-7-15(18,8-6-13)12-3-1-11(2-4-12)14-16-9-10-19-14/h1-4,9-10,18H,5-8H2. The molecule has 1 aliphatic rings. The first-order valence-electron chi connectivity index (χ1n) is 6.42. The summed E-state index contributed by atoms with van der Waals surface area (Å²) in [6.45, 7) is 0. The van der Waals surface area contributed by atoms with Gasteiger partial charge < -0.3 is 9.52 Å². The van der Waals surface area contributed by atoms with Gasteiger partial charge >= 0.3 is 0 Å². The molecule has 1 aromatic heterocycles. The quantitative estimate of drug-likeness (QED) is 0.898. The number of nitrogens with zero attached hydrogens (tertiary/aromatic N) is 1. The number of carbonyl (C=O) groups excluding carboxylic acids is 1. The molecule has 1 fully saturated rings. The zero-order valence-electron chi connectivity index (χ0n) is 10.5. The maximum atomic E-state index is 11.3. The van der Waals surface area contributed by atoms with Crippen molar-refractivity contribution in [1.29, 1.82) is 0 Å². The zero-order chi connectivity index (χ0) is 13.3. The van der Waals surface area contributed by atoms with Crippen LogP contribution in [0, 0.1) is 0 Å². The average molecular weight is 257 g/mol. The highest BCUT2D eigenvalue weighted by atomic mass is 16.3. The lowest BCUT2D eigenvalue weighted by Crippen LogP contribution is -2.31. The number of aliphatic hydroxyl groups is 1. The van der Waals surface area contributed by atoms with Crippen LogP contribution in [0.5, 0.6) is 0 Å². The first-order chi connectivity index (χ1) is 9.17. The van der Waals surface area contributed by atoms with Crippen LogP contribution in [0.15, 0.2) is 41.1 Å². The van der Waals surface area contributed by atoms with E-state index in [9.17, 15) is 9.90 Å². The molecule has 1 aliphatic carbocycles. The molecule has 0 atom stereocenters. The zero-order valence-corrected chi connectivity index (χ0v) is 10.5. The molecule has 98 valence electrons. The van der Waals surface area contributed by atoms with E-state index in [4.69, 9.17) is 4.42 Å². The fourth-order valence-electron chi connectivity index (χ4n) is 2.52. The Balaban J connectivity index is 1.84. The summed E-state index contributed by atoms with van der Waals surface area (Å²) in [5.74, 6) is 0.804. The molecule has 0 unspecified atom stereocenters. The molecule has 1 saturated carbocycles. The predicted octanol–water partition coefficient (Wildman–Crippen LogP) is 2.67. The Labute approximate surface area is 111 Å². The van der Waals surface area contributed by atoms with Crippen molar-refractivity contribution >= 4 is 5.78 Å². The molecule has 0 bridgehead atoms. The van der Waals surface area contributed by atoms with Crippen LogP contribution in [-0.4, -0.2) is 15.9 Å². The van der Waals surface area contributed by atoms with Crippen molar-refractivity contribution in [1.82, 2.24) is 4.98 Å². The van der Waals surface area contributed by atoms with Gasteiger partial charge in [0, 0.05) is 18.4 Å². The molecule has 4 heteroatoms. The van der Waals surface area contributed by atoms with Gasteiger partial charge in [-0.15, -0.1) is 0 Å². The van der Waals surface area contributed by atoms with Crippen LogP contribution in [-0.2, 0) is 10.4 Å². The molecular weight excluding hydrogens is 242 g/mol. The van der Waals surface area contributed by atoms with E-state index in [2.05, 4.69) is 4.98 Å². The Morgan fingerprint density at radius 1 is 1.16 bits per heavy atom. The van der Waals surface area contributed by atoms with Gasteiger partial charge in [-0.05, 0) is 30.5 Å². The Hall–Kier alpha value is -1.94. The van der Waals surface area contributed by atoms with E-state index in [1.807, 2.05) is 24.3 Å². The maximum absolute atomic E-state index is 11.3. The van der Waals surface area contributed by atoms with Gasteiger partial charge in [0.2, 0.25) is 5.89 Å². The lowest BCUT2D eigenvalue weighted by molar-refractivity contribution is -0.125. The Bertz CT molecular complexity index is 562. The minimum Gasteiger partial charge on any atom is -0.445 e. The summed E-state index contributed by atoms with van der Waals surface area (Å²) < 4.78 is 5.23. The van der Waals surface area contributed by atoms with Crippen molar-refractivity contribution in [3.8, 4) is 11.5 Å². The van der Waals surface area contributed by atoms with E-state index < -0.39 is 5.60 Å². The minimum absolute atomic E-state index is 0.237. The van der Waals surface area contributed by atoms with Crippen molar-refractivity contribution in [2.45, 2.75) is 31.3 Å². The first-order valence-corrected chi connectivity index (χ1v) is 6.42. The summed E-state index contributed by atoms with van der Waals surface area (Å²) in [5, 5.41) is 10.6.